The third kappa shape index (κ3) is 5.03. The van der Waals surface area contributed by atoms with Gasteiger partial charge >= 0.3 is 5.97 Å². The first-order valence-corrected chi connectivity index (χ1v) is 16.0. The molecule has 3 aromatic carbocycles. The summed E-state index contributed by atoms with van der Waals surface area (Å²) >= 11 is 0. The number of nitriles is 1. The quantitative estimate of drug-likeness (QED) is 0.206. The van der Waals surface area contributed by atoms with Gasteiger partial charge in [0.25, 0.3) is 0 Å². The molecular weight excluding hydrogens is 614 g/mol. The molecule has 11 heteroatoms. The van der Waals surface area contributed by atoms with Gasteiger partial charge < -0.3 is 33.5 Å². The van der Waals surface area contributed by atoms with E-state index in [4.69, 9.17) is 28.4 Å². The van der Waals surface area contributed by atoms with Gasteiger partial charge in [-0.05, 0) is 56.5 Å². The highest BCUT2D eigenvalue weighted by Gasteiger charge is 2.57. The number of likely N-dealkylation sites (N-methyl/N-ethyl adjacent to an activating group) is 1. The minimum atomic E-state index is -0.615. The minimum absolute atomic E-state index is 0.00417. The molecule has 1 fully saturated rings. The molecule has 0 aromatic heterocycles. The Bertz CT molecular complexity index is 1820. The number of fused-ring (bicyclic) bond motifs is 9. The summed E-state index contributed by atoms with van der Waals surface area (Å²) < 4.78 is 35.3. The number of methoxy groups -OCH3 is 2. The van der Waals surface area contributed by atoms with Gasteiger partial charge in [0.05, 0.1) is 25.3 Å². The van der Waals surface area contributed by atoms with Crippen LogP contribution in [0.15, 0.2) is 42.5 Å². The van der Waals surface area contributed by atoms with Crippen molar-refractivity contribution in [3.8, 4) is 34.8 Å². The average Bonchev–Trinajstić information content (AvgIpc) is 3.58. The number of esters is 1. The Morgan fingerprint density at radius 1 is 1.08 bits per heavy atom. The van der Waals surface area contributed by atoms with Crippen molar-refractivity contribution >= 4 is 12.0 Å². The molecule has 11 nitrogen and oxygen atoms in total. The number of rotatable bonds is 8. The Hall–Kier alpha value is -4.76. The Morgan fingerprint density at radius 3 is 2.58 bits per heavy atom. The van der Waals surface area contributed by atoms with E-state index < -0.39 is 18.1 Å². The van der Waals surface area contributed by atoms with Crippen LogP contribution in [0.5, 0.6) is 28.7 Å². The lowest BCUT2D eigenvalue weighted by molar-refractivity contribution is -0.143. The first-order chi connectivity index (χ1) is 23.3. The third-order valence-corrected chi connectivity index (χ3v) is 10.2. The van der Waals surface area contributed by atoms with Crippen LogP contribution < -0.4 is 18.9 Å². The van der Waals surface area contributed by atoms with E-state index in [0.717, 1.165) is 22.3 Å². The number of benzene rings is 3. The van der Waals surface area contributed by atoms with E-state index in [-0.39, 0.29) is 44.1 Å². The minimum Gasteiger partial charge on any atom is -0.507 e. The number of hydrogen-bond donors (Lipinski definition) is 1. The van der Waals surface area contributed by atoms with Crippen LogP contribution in [0, 0.1) is 25.2 Å². The van der Waals surface area contributed by atoms with E-state index in [0.29, 0.717) is 52.5 Å². The summed E-state index contributed by atoms with van der Waals surface area (Å²) in [7, 11) is 5.24. The fraction of sp³-hybridized carbons (Fsp3) is 0.405. The van der Waals surface area contributed by atoms with Crippen molar-refractivity contribution in [2.24, 2.45) is 0 Å². The molecule has 2 unspecified atom stereocenters. The average molecular weight is 654 g/mol. The summed E-state index contributed by atoms with van der Waals surface area (Å²) in [6.07, 6.45) is 4.10. The number of hydrogen-bond acceptors (Lipinski definition) is 11. The van der Waals surface area contributed by atoms with E-state index in [1.165, 1.54) is 6.08 Å². The number of nitrogens with zero attached hydrogens (tertiary/aromatic N) is 3. The van der Waals surface area contributed by atoms with Gasteiger partial charge in [0, 0.05) is 47.5 Å². The van der Waals surface area contributed by atoms with Gasteiger partial charge in [-0.25, -0.2) is 4.79 Å². The number of aromatic hydroxyl groups is 1. The molecule has 7 rings (SSSR count). The molecule has 4 heterocycles. The van der Waals surface area contributed by atoms with Crippen molar-refractivity contribution in [2.45, 2.75) is 56.9 Å². The van der Waals surface area contributed by atoms with Crippen molar-refractivity contribution in [1.29, 1.82) is 5.26 Å². The van der Waals surface area contributed by atoms with Crippen LogP contribution in [0.1, 0.15) is 51.0 Å². The van der Waals surface area contributed by atoms with Gasteiger partial charge in [-0.2, -0.15) is 5.26 Å². The summed E-state index contributed by atoms with van der Waals surface area (Å²) in [6, 6.07) is 12.3. The number of phenolic OH excluding ortho intramolecular Hbond substituents is 1. The second-order valence-electron chi connectivity index (χ2n) is 12.7. The zero-order valence-corrected chi connectivity index (χ0v) is 27.7. The fourth-order valence-electron chi connectivity index (χ4n) is 8.18. The van der Waals surface area contributed by atoms with E-state index >= 15 is 0 Å². The van der Waals surface area contributed by atoms with Crippen LogP contribution in [-0.2, 0) is 27.1 Å². The molecule has 48 heavy (non-hydrogen) atoms. The molecular formula is C37H39N3O8. The largest absolute Gasteiger partial charge is 0.507 e. The van der Waals surface area contributed by atoms with E-state index in [1.807, 2.05) is 44.3 Å². The van der Waals surface area contributed by atoms with Crippen molar-refractivity contribution in [3.63, 3.8) is 0 Å². The normalized spacial score (nSPS) is 24.0. The van der Waals surface area contributed by atoms with Gasteiger partial charge in [-0.1, -0.05) is 36.4 Å². The molecule has 2 bridgehead atoms. The Kier molecular flexibility index (Phi) is 8.41. The fourth-order valence-corrected chi connectivity index (χ4v) is 8.18. The summed E-state index contributed by atoms with van der Waals surface area (Å²) in [5, 5.41) is 22.5. The Morgan fingerprint density at radius 2 is 1.85 bits per heavy atom. The Balaban J connectivity index is 1.37. The molecule has 1 N–H and O–H groups in total. The van der Waals surface area contributed by atoms with Crippen molar-refractivity contribution in [1.82, 2.24) is 9.80 Å². The molecule has 3 aromatic rings. The lowest BCUT2D eigenvalue weighted by Gasteiger charge is -2.59. The maximum absolute atomic E-state index is 13.1. The summed E-state index contributed by atoms with van der Waals surface area (Å²) in [4.78, 5) is 17.6. The number of carbonyl (C=O) groups is 1. The summed E-state index contributed by atoms with van der Waals surface area (Å²) in [5.41, 5.74) is 5.79. The number of piperazine rings is 1. The first kappa shape index (κ1) is 31.8. The van der Waals surface area contributed by atoms with Gasteiger partial charge in [0.15, 0.2) is 29.8 Å². The molecule has 4 aliphatic heterocycles. The lowest BCUT2D eigenvalue weighted by atomic mass is 9.71. The lowest BCUT2D eigenvalue weighted by Crippen LogP contribution is -2.68. The smallest absolute Gasteiger partial charge is 0.330 e. The first-order valence-electron chi connectivity index (χ1n) is 16.0. The van der Waals surface area contributed by atoms with Crippen LogP contribution in [-0.4, -0.2) is 80.5 Å². The highest BCUT2D eigenvalue weighted by atomic mass is 16.7. The Labute approximate surface area is 279 Å². The predicted molar refractivity (Wildman–Crippen MR) is 175 cm³/mol. The molecule has 0 saturated carbocycles. The maximum Gasteiger partial charge on any atom is 0.330 e. The summed E-state index contributed by atoms with van der Waals surface area (Å²) in [6.45, 7) is 3.75. The second kappa shape index (κ2) is 12.7. The second-order valence-corrected chi connectivity index (χ2v) is 12.7. The molecule has 250 valence electrons. The number of aryl methyl sites for hydroxylation is 1. The van der Waals surface area contributed by atoms with E-state index in [9.17, 15) is 15.2 Å². The van der Waals surface area contributed by atoms with Crippen LogP contribution >= 0.6 is 0 Å². The predicted octanol–water partition coefficient (Wildman–Crippen LogP) is 4.76. The molecule has 0 spiro atoms. The molecule has 4 aliphatic rings. The van der Waals surface area contributed by atoms with Gasteiger partial charge in [-0.3, -0.25) is 9.80 Å². The van der Waals surface area contributed by atoms with Gasteiger partial charge in [0.2, 0.25) is 6.79 Å². The van der Waals surface area contributed by atoms with Gasteiger partial charge in [-0.15, -0.1) is 0 Å². The third-order valence-electron chi connectivity index (χ3n) is 10.2. The molecule has 0 aliphatic carbocycles. The van der Waals surface area contributed by atoms with Crippen molar-refractivity contribution in [2.75, 3.05) is 41.5 Å². The summed E-state index contributed by atoms with van der Waals surface area (Å²) in [5.74, 6) is 1.81. The van der Waals surface area contributed by atoms with Crippen LogP contribution in [0.2, 0.25) is 0 Å². The molecule has 1 saturated heterocycles. The van der Waals surface area contributed by atoms with E-state index in [2.05, 4.69) is 21.9 Å². The van der Waals surface area contributed by atoms with Crippen LogP contribution in [0.25, 0.3) is 6.08 Å². The molecule has 5 atom stereocenters. The monoisotopic (exact) mass is 653 g/mol. The highest BCUT2D eigenvalue weighted by Crippen LogP contribution is 2.58. The van der Waals surface area contributed by atoms with Crippen molar-refractivity contribution < 1.29 is 38.3 Å². The van der Waals surface area contributed by atoms with Crippen molar-refractivity contribution in [3.05, 3.63) is 81.4 Å². The van der Waals surface area contributed by atoms with Crippen LogP contribution in [0.3, 0.4) is 0 Å². The topological polar surface area (TPSA) is 123 Å². The molecule has 0 amide bonds. The molecule has 0 radical (unpaired) electrons. The number of phenols is 1. The number of ether oxygens (including phenoxy) is 6. The SMILES string of the molecule is COCOc1c(OC)c(C)cc2c1C1C3Cc4c(O)c(C)c5c(c4[C@H](COC(=O)C=Cc4ccccc4)N3[C@@H](C#N)[C@@H](C2)N1C)OCO5. The zero-order valence-electron chi connectivity index (χ0n) is 27.7. The standard InChI is InChI=1S/C37H39N3O8/c1-20-13-23-14-25-27(16-38)40-26(32(39(25)3)30(23)36(34(20)44-5)46-18-43-4)15-24-31(37-35(47-19-48-37)21(2)33(24)42)28(40)17-45-29(41)12-11-22-9-7-6-8-10-22/h6-13,25-28,32,42H,14-15,17-19H2,1-5H3/t25-,26?,27+,28+,32?/m1/s1. The van der Waals surface area contributed by atoms with E-state index in [1.54, 1.807) is 27.2 Å². The number of carbonyl (C=O) groups excluding carboxylic acids is 1. The van der Waals surface area contributed by atoms with Gasteiger partial charge in [0.1, 0.15) is 18.4 Å². The van der Waals surface area contributed by atoms with Crippen LogP contribution in [0.4, 0.5) is 0 Å². The highest BCUT2D eigenvalue weighted by molar-refractivity contribution is 5.87. The zero-order chi connectivity index (χ0) is 33.7. The maximum atomic E-state index is 13.1.